The number of hydrogen-bond donors (Lipinski definition) is 2. The fraction of sp³-hybridized carbons (Fsp3) is 0.263. The van der Waals surface area contributed by atoms with Gasteiger partial charge in [-0.15, -0.1) is 11.8 Å². The van der Waals surface area contributed by atoms with Crippen LogP contribution >= 0.6 is 23.4 Å². The number of β-lactam (4-membered cyclic amide) rings is 1. The molecule has 1 fully saturated rings. The predicted octanol–water partition coefficient (Wildman–Crippen LogP) is 1.65. The van der Waals surface area contributed by atoms with E-state index in [9.17, 15) is 24.3 Å². The number of carboxylic acid groups (broad SMARTS) is 1. The zero-order valence-electron chi connectivity index (χ0n) is 15.3. The Hall–Kier alpha value is -2.78. The van der Waals surface area contributed by atoms with Crippen LogP contribution in [0, 0.1) is 0 Å². The monoisotopic (exact) mass is 436 g/mol. The highest BCUT2D eigenvalue weighted by Crippen LogP contribution is 2.40. The van der Waals surface area contributed by atoms with E-state index >= 15 is 0 Å². The van der Waals surface area contributed by atoms with Crippen LogP contribution in [0.2, 0.25) is 5.02 Å². The van der Waals surface area contributed by atoms with Crippen molar-refractivity contribution in [2.24, 2.45) is 0 Å². The summed E-state index contributed by atoms with van der Waals surface area (Å²) in [5.41, 5.74) is 0.918. The van der Waals surface area contributed by atoms with E-state index in [1.165, 1.54) is 24.8 Å². The van der Waals surface area contributed by atoms with Gasteiger partial charge in [0.2, 0.25) is 5.91 Å². The van der Waals surface area contributed by atoms with Gasteiger partial charge in [-0.25, -0.2) is 4.79 Å². The second-order valence-electron chi connectivity index (χ2n) is 6.32. The standard InChI is InChI=1S/C19H17ClN2O6S/c1-10(23)28-8-12-9-29-18-15(17(25)22(18)16(12)19(26)27)21-14(24)7-4-11-2-5-13(20)6-3-11/h2-7,15,18H,8-9H2,1H3,(H,21,24)(H,26,27)/b7-4+/t15-,18-/m1/s1. The quantitative estimate of drug-likeness (QED) is 0.396. The molecule has 10 heteroatoms. The second-order valence-corrected chi connectivity index (χ2v) is 7.86. The lowest BCUT2D eigenvalue weighted by molar-refractivity contribution is -0.150. The van der Waals surface area contributed by atoms with Crippen molar-refractivity contribution in [3.63, 3.8) is 0 Å². The molecule has 0 spiro atoms. The number of halogens is 1. The summed E-state index contributed by atoms with van der Waals surface area (Å²) < 4.78 is 4.88. The van der Waals surface area contributed by atoms with Gasteiger partial charge >= 0.3 is 11.9 Å². The van der Waals surface area contributed by atoms with E-state index < -0.39 is 35.2 Å². The Kier molecular flexibility index (Phi) is 6.29. The van der Waals surface area contributed by atoms with E-state index in [1.807, 2.05) is 0 Å². The molecule has 8 nitrogen and oxygen atoms in total. The van der Waals surface area contributed by atoms with Crippen LogP contribution in [0.4, 0.5) is 0 Å². The highest BCUT2D eigenvalue weighted by atomic mass is 35.5. The molecule has 29 heavy (non-hydrogen) atoms. The molecule has 1 aromatic carbocycles. The van der Waals surface area contributed by atoms with E-state index in [0.717, 1.165) is 10.5 Å². The molecule has 2 N–H and O–H groups in total. The second kappa shape index (κ2) is 8.71. The van der Waals surface area contributed by atoms with Gasteiger partial charge in [0.05, 0.1) is 0 Å². The maximum absolute atomic E-state index is 12.5. The van der Waals surface area contributed by atoms with Crippen LogP contribution in [0.5, 0.6) is 0 Å². The van der Waals surface area contributed by atoms with Crippen molar-refractivity contribution in [2.75, 3.05) is 12.4 Å². The number of nitrogens with zero attached hydrogens (tertiary/aromatic N) is 1. The molecular formula is C19H17ClN2O6S. The third-order valence-electron chi connectivity index (χ3n) is 4.29. The number of carboxylic acids is 1. The van der Waals surface area contributed by atoms with Gasteiger partial charge in [0, 0.05) is 29.3 Å². The van der Waals surface area contributed by atoms with Gasteiger partial charge in [0.15, 0.2) is 0 Å². The van der Waals surface area contributed by atoms with Gasteiger partial charge in [-0.1, -0.05) is 23.7 Å². The first-order valence-electron chi connectivity index (χ1n) is 8.55. The summed E-state index contributed by atoms with van der Waals surface area (Å²) in [6.07, 6.45) is 2.88. The molecular weight excluding hydrogens is 420 g/mol. The fourth-order valence-corrected chi connectivity index (χ4v) is 4.38. The van der Waals surface area contributed by atoms with Crippen molar-refractivity contribution < 1.29 is 29.0 Å². The Labute approximate surface area is 175 Å². The van der Waals surface area contributed by atoms with Crippen molar-refractivity contribution in [1.29, 1.82) is 0 Å². The number of hydrogen-bond acceptors (Lipinski definition) is 6. The smallest absolute Gasteiger partial charge is 0.352 e. The summed E-state index contributed by atoms with van der Waals surface area (Å²) >= 11 is 7.12. The lowest BCUT2D eigenvalue weighted by Gasteiger charge is -2.49. The van der Waals surface area contributed by atoms with Crippen LogP contribution in [-0.4, -0.2) is 57.5 Å². The van der Waals surface area contributed by atoms with Gasteiger partial charge < -0.3 is 15.2 Å². The normalized spacial score (nSPS) is 20.9. The van der Waals surface area contributed by atoms with Gasteiger partial charge in [0.1, 0.15) is 23.7 Å². The highest BCUT2D eigenvalue weighted by Gasteiger charge is 2.54. The predicted molar refractivity (Wildman–Crippen MR) is 107 cm³/mol. The first-order chi connectivity index (χ1) is 13.8. The minimum Gasteiger partial charge on any atom is -0.477 e. The summed E-state index contributed by atoms with van der Waals surface area (Å²) in [5.74, 6) is -2.53. The molecule has 152 valence electrons. The van der Waals surface area contributed by atoms with Crippen LogP contribution in [-0.2, 0) is 23.9 Å². The van der Waals surface area contributed by atoms with E-state index in [-0.39, 0.29) is 18.1 Å². The molecule has 0 aromatic heterocycles. The molecule has 0 bridgehead atoms. The molecule has 1 saturated heterocycles. The van der Waals surface area contributed by atoms with E-state index in [4.69, 9.17) is 16.3 Å². The van der Waals surface area contributed by atoms with Crippen LogP contribution in [0.1, 0.15) is 12.5 Å². The number of rotatable bonds is 6. The zero-order chi connectivity index (χ0) is 21.1. The van der Waals surface area contributed by atoms with Crippen molar-refractivity contribution in [2.45, 2.75) is 18.3 Å². The molecule has 2 heterocycles. The minimum atomic E-state index is -1.28. The third kappa shape index (κ3) is 4.63. The van der Waals surface area contributed by atoms with E-state index in [1.54, 1.807) is 30.3 Å². The van der Waals surface area contributed by atoms with E-state index in [2.05, 4.69) is 5.32 Å². The average Bonchev–Trinajstić information content (AvgIpc) is 2.69. The lowest BCUT2D eigenvalue weighted by Crippen LogP contribution is -2.70. The van der Waals surface area contributed by atoms with E-state index in [0.29, 0.717) is 10.6 Å². The Balaban J connectivity index is 1.67. The van der Waals surface area contributed by atoms with Crippen molar-refractivity contribution >= 4 is 53.2 Å². The van der Waals surface area contributed by atoms with Crippen LogP contribution in [0.15, 0.2) is 41.6 Å². The molecule has 0 aliphatic carbocycles. The first-order valence-corrected chi connectivity index (χ1v) is 9.98. The lowest BCUT2D eigenvalue weighted by atomic mass is 10.0. The molecule has 0 saturated carbocycles. The minimum absolute atomic E-state index is 0.192. The molecule has 2 aliphatic rings. The number of ether oxygens (including phenoxy) is 1. The zero-order valence-corrected chi connectivity index (χ0v) is 16.8. The number of aliphatic carboxylic acids is 1. The molecule has 2 atom stereocenters. The molecule has 1 aromatic rings. The molecule has 0 unspecified atom stereocenters. The number of nitrogens with one attached hydrogen (secondary N) is 1. The summed E-state index contributed by atoms with van der Waals surface area (Å²) in [7, 11) is 0. The molecule has 2 aliphatic heterocycles. The number of amides is 2. The largest absolute Gasteiger partial charge is 0.477 e. The van der Waals surface area contributed by atoms with Crippen molar-refractivity contribution in [1.82, 2.24) is 10.2 Å². The summed E-state index contributed by atoms with van der Waals surface area (Å²) in [4.78, 5) is 48.4. The van der Waals surface area contributed by atoms with Gasteiger partial charge in [-0.05, 0) is 23.8 Å². The van der Waals surface area contributed by atoms with Crippen LogP contribution in [0.25, 0.3) is 6.08 Å². The number of esters is 1. The number of benzene rings is 1. The first kappa shape index (κ1) is 20.9. The Morgan fingerprint density at radius 2 is 2.03 bits per heavy atom. The maximum atomic E-state index is 12.5. The van der Waals surface area contributed by atoms with Crippen molar-refractivity contribution in [3.8, 4) is 0 Å². The Morgan fingerprint density at radius 3 is 2.66 bits per heavy atom. The molecule has 2 amide bonds. The molecule has 3 rings (SSSR count). The number of thioether (sulfide) groups is 1. The number of carbonyl (C=O) groups excluding carboxylic acids is 3. The summed E-state index contributed by atoms with van der Waals surface area (Å²) in [6, 6.07) is 6.05. The van der Waals surface area contributed by atoms with Crippen LogP contribution < -0.4 is 5.32 Å². The Morgan fingerprint density at radius 1 is 1.34 bits per heavy atom. The fourth-order valence-electron chi connectivity index (χ4n) is 2.93. The summed E-state index contributed by atoms with van der Waals surface area (Å²) in [6.45, 7) is 1.03. The topological polar surface area (TPSA) is 113 Å². The SMILES string of the molecule is CC(=O)OCC1=C(C(=O)O)N2C(=O)[C@@H](NC(=O)/C=C/c3ccc(Cl)cc3)[C@H]2SC1. The number of carbonyl (C=O) groups is 4. The summed E-state index contributed by atoms with van der Waals surface area (Å²) in [5, 5.41) is 12.2. The average molecular weight is 437 g/mol. The van der Waals surface area contributed by atoms with Gasteiger partial charge in [-0.2, -0.15) is 0 Å². The molecule has 0 radical (unpaired) electrons. The van der Waals surface area contributed by atoms with Crippen LogP contribution in [0.3, 0.4) is 0 Å². The van der Waals surface area contributed by atoms with Gasteiger partial charge in [-0.3, -0.25) is 19.3 Å². The third-order valence-corrected chi connectivity index (χ3v) is 5.89. The highest BCUT2D eigenvalue weighted by molar-refractivity contribution is 8.00. The maximum Gasteiger partial charge on any atom is 0.352 e. The van der Waals surface area contributed by atoms with Crippen molar-refractivity contribution in [3.05, 3.63) is 52.2 Å². The van der Waals surface area contributed by atoms with Gasteiger partial charge in [0.25, 0.3) is 5.91 Å². The Bertz CT molecular complexity index is 927. The number of fused-ring (bicyclic) bond motifs is 1.